The molecule has 0 rings (SSSR count). The first kappa shape index (κ1) is 47.6. The normalized spacial score (nSPS) is 13.3. The fraction of sp³-hybridized carbons (Fsp3) is 0.844. The Bertz CT molecular complexity index is 746. The molecule has 0 heterocycles. The second kappa shape index (κ2) is 41.0. The van der Waals surface area contributed by atoms with Crippen LogP contribution in [0.5, 0.6) is 0 Å². The zero-order valence-corrected chi connectivity index (χ0v) is 33.0. The van der Waals surface area contributed by atoms with Gasteiger partial charge >= 0.3 is 0 Å². The molecule has 0 aliphatic heterocycles. The van der Waals surface area contributed by atoms with Crippen LogP contribution in [-0.4, -0.2) is 34.9 Å². The van der Waals surface area contributed by atoms with Gasteiger partial charge < -0.3 is 15.5 Å². The van der Waals surface area contributed by atoms with E-state index in [9.17, 15) is 15.0 Å². The summed E-state index contributed by atoms with van der Waals surface area (Å²) in [6.07, 6.45) is 53.9. The van der Waals surface area contributed by atoms with E-state index in [1.807, 2.05) is 6.08 Å². The van der Waals surface area contributed by atoms with Gasteiger partial charge in [-0.2, -0.15) is 0 Å². The second-order valence-corrected chi connectivity index (χ2v) is 14.8. The molecule has 0 saturated heterocycles. The number of rotatable bonds is 39. The minimum Gasteiger partial charge on any atom is -0.394 e. The molecule has 0 bridgehead atoms. The van der Waals surface area contributed by atoms with Crippen molar-refractivity contribution in [1.82, 2.24) is 5.32 Å². The minimum atomic E-state index is -0.839. The van der Waals surface area contributed by atoms with Gasteiger partial charge in [0.05, 0.1) is 18.8 Å². The molecule has 0 radical (unpaired) electrons. The van der Waals surface area contributed by atoms with Crippen LogP contribution in [0.1, 0.15) is 226 Å². The topological polar surface area (TPSA) is 69.6 Å². The average Bonchev–Trinajstić information content (AvgIpc) is 3.10. The van der Waals surface area contributed by atoms with Crippen LogP contribution in [0.2, 0.25) is 0 Å². The third-order valence-corrected chi connectivity index (χ3v) is 9.87. The van der Waals surface area contributed by atoms with Crippen LogP contribution < -0.4 is 5.32 Å². The molecule has 0 aromatic heterocycles. The van der Waals surface area contributed by atoms with E-state index in [-0.39, 0.29) is 12.5 Å². The van der Waals surface area contributed by atoms with Gasteiger partial charge in [-0.05, 0) is 51.4 Å². The molecule has 0 spiro atoms. The smallest absolute Gasteiger partial charge is 0.220 e. The van der Waals surface area contributed by atoms with Crippen molar-refractivity contribution in [2.24, 2.45) is 0 Å². The zero-order chi connectivity index (χ0) is 35.7. The van der Waals surface area contributed by atoms with Crippen molar-refractivity contribution in [1.29, 1.82) is 0 Å². The van der Waals surface area contributed by atoms with E-state index in [0.29, 0.717) is 6.42 Å². The molecule has 0 aromatic carbocycles. The number of allylic oxidation sites excluding steroid dienone is 5. The highest BCUT2D eigenvalue weighted by Gasteiger charge is 2.17. The van der Waals surface area contributed by atoms with Gasteiger partial charge in [-0.25, -0.2) is 0 Å². The van der Waals surface area contributed by atoms with Gasteiger partial charge in [0.1, 0.15) is 0 Å². The molecule has 288 valence electrons. The van der Waals surface area contributed by atoms with Gasteiger partial charge in [-0.3, -0.25) is 4.79 Å². The Kier molecular flexibility index (Phi) is 39.9. The Balaban J connectivity index is 3.55. The third-order valence-electron chi connectivity index (χ3n) is 9.87. The molecule has 0 aromatic rings. The molecule has 1 amide bonds. The highest BCUT2D eigenvalue weighted by Crippen LogP contribution is 2.14. The lowest BCUT2D eigenvalue weighted by molar-refractivity contribution is -0.123. The number of aliphatic hydroxyl groups excluding tert-OH is 2. The summed E-state index contributed by atoms with van der Waals surface area (Å²) in [6.45, 7) is 4.30. The van der Waals surface area contributed by atoms with Gasteiger partial charge in [0.25, 0.3) is 0 Å². The Morgan fingerprint density at radius 2 is 0.837 bits per heavy atom. The van der Waals surface area contributed by atoms with E-state index >= 15 is 0 Å². The Morgan fingerprint density at radius 3 is 1.22 bits per heavy atom. The van der Waals surface area contributed by atoms with E-state index in [0.717, 1.165) is 32.1 Å². The second-order valence-electron chi connectivity index (χ2n) is 14.8. The molecular formula is C45H85NO3. The maximum Gasteiger partial charge on any atom is 0.220 e. The fourth-order valence-corrected chi connectivity index (χ4v) is 6.50. The number of carbonyl (C=O) groups excluding carboxylic acids is 1. The first-order valence-corrected chi connectivity index (χ1v) is 21.7. The Morgan fingerprint density at radius 1 is 0.490 bits per heavy atom. The standard InChI is InChI=1S/C45H85NO3/c1-3-5-7-9-11-13-15-17-18-19-20-21-22-23-24-25-26-27-28-29-31-33-35-37-39-41-45(49)46-43(42-47)44(48)40-38-36-34-32-30-16-14-12-10-8-6-4-2/h20-21,23-24,38,40,43-44,47-48H,3-19,22,25-37,39,41-42H2,1-2H3,(H,46,49)/b21-20-,24-23-,40-38+. The molecule has 0 aliphatic carbocycles. The summed E-state index contributed by atoms with van der Waals surface area (Å²) in [5, 5.41) is 22.9. The number of hydrogen-bond donors (Lipinski definition) is 3. The van der Waals surface area contributed by atoms with Crippen LogP contribution in [0.4, 0.5) is 0 Å². The highest BCUT2D eigenvalue weighted by molar-refractivity contribution is 5.76. The average molecular weight is 688 g/mol. The van der Waals surface area contributed by atoms with Gasteiger partial charge in [-0.15, -0.1) is 0 Å². The van der Waals surface area contributed by atoms with E-state index in [1.165, 1.54) is 173 Å². The Labute approximate surface area is 306 Å². The summed E-state index contributed by atoms with van der Waals surface area (Å²) in [5.41, 5.74) is 0. The van der Waals surface area contributed by atoms with Crippen LogP contribution in [-0.2, 0) is 4.79 Å². The van der Waals surface area contributed by atoms with Crippen LogP contribution in [0, 0.1) is 0 Å². The molecule has 0 saturated carbocycles. The first-order chi connectivity index (χ1) is 24.2. The lowest BCUT2D eigenvalue weighted by Crippen LogP contribution is -2.45. The largest absolute Gasteiger partial charge is 0.394 e. The van der Waals surface area contributed by atoms with Gasteiger partial charge in [0.2, 0.25) is 5.91 Å². The number of carbonyl (C=O) groups is 1. The lowest BCUT2D eigenvalue weighted by atomic mass is 10.0. The number of hydrogen-bond acceptors (Lipinski definition) is 3. The highest BCUT2D eigenvalue weighted by atomic mass is 16.3. The summed E-state index contributed by atoms with van der Waals surface area (Å²) in [5.74, 6) is -0.0691. The van der Waals surface area contributed by atoms with Gasteiger partial charge in [0.15, 0.2) is 0 Å². The van der Waals surface area contributed by atoms with Gasteiger partial charge in [-0.1, -0.05) is 204 Å². The summed E-state index contributed by atoms with van der Waals surface area (Å²) in [6, 6.07) is -0.622. The van der Waals surface area contributed by atoms with Gasteiger partial charge in [0, 0.05) is 6.42 Å². The molecule has 0 fully saturated rings. The molecular weight excluding hydrogens is 602 g/mol. The summed E-state index contributed by atoms with van der Waals surface area (Å²) in [7, 11) is 0. The summed E-state index contributed by atoms with van der Waals surface area (Å²) in [4.78, 5) is 12.4. The van der Waals surface area contributed by atoms with Crippen molar-refractivity contribution < 1.29 is 15.0 Å². The predicted octanol–water partition coefficient (Wildman–Crippen LogP) is 13.4. The minimum absolute atomic E-state index is 0.0691. The van der Waals surface area contributed by atoms with Crippen molar-refractivity contribution in [2.75, 3.05) is 6.61 Å². The van der Waals surface area contributed by atoms with Crippen LogP contribution in [0.15, 0.2) is 36.5 Å². The molecule has 4 nitrogen and oxygen atoms in total. The number of unbranched alkanes of at least 4 members (excludes halogenated alkanes) is 28. The maximum atomic E-state index is 12.4. The van der Waals surface area contributed by atoms with E-state index in [1.54, 1.807) is 6.08 Å². The number of aliphatic hydroxyl groups is 2. The molecule has 0 aliphatic rings. The van der Waals surface area contributed by atoms with Crippen LogP contribution >= 0.6 is 0 Å². The van der Waals surface area contributed by atoms with E-state index < -0.39 is 12.1 Å². The number of amides is 1. The van der Waals surface area contributed by atoms with Crippen molar-refractivity contribution in [3.63, 3.8) is 0 Å². The summed E-state index contributed by atoms with van der Waals surface area (Å²) >= 11 is 0. The monoisotopic (exact) mass is 688 g/mol. The van der Waals surface area contributed by atoms with Crippen molar-refractivity contribution in [3.8, 4) is 0 Å². The van der Waals surface area contributed by atoms with Crippen LogP contribution in [0.3, 0.4) is 0 Å². The quantitative estimate of drug-likeness (QED) is 0.0445. The van der Waals surface area contributed by atoms with Crippen LogP contribution in [0.25, 0.3) is 0 Å². The predicted molar refractivity (Wildman–Crippen MR) is 216 cm³/mol. The van der Waals surface area contributed by atoms with E-state index in [2.05, 4.69) is 43.5 Å². The van der Waals surface area contributed by atoms with Crippen molar-refractivity contribution >= 4 is 5.91 Å². The molecule has 49 heavy (non-hydrogen) atoms. The molecule has 2 unspecified atom stereocenters. The Hall–Kier alpha value is -1.39. The fourth-order valence-electron chi connectivity index (χ4n) is 6.50. The molecule has 3 N–H and O–H groups in total. The number of nitrogens with one attached hydrogen (secondary N) is 1. The summed E-state index contributed by atoms with van der Waals surface area (Å²) < 4.78 is 0. The maximum absolute atomic E-state index is 12.4. The zero-order valence-electron chi connectivity index (χ0n) is 33.0. The van der Waals surface area contributed by atoms with E-state index in [4.69, 9.17) is 0 Å². The first-order valence-electron chi connectivity index (χ1n) is 21.7. The van der Waals surface area contributed by atoms with Crippen molar-refractivity contribution in [2.45, 2.75) is 238 Å². The SMILES string of the molecule is CCCCCCCCCCC/C=C\C/C=C\CCCCCCCCCCCC(=O)NC(CO)C(O)/C=C/CCCCCCCCCCCC. The third kappa shape index (κ3) is 37.7. The van der Waals surface area contributed by atoms with Crippen molar-refractivity contribution in [3.05, 3.63) is 36.5 Å². The molecule has 4 heteroatoms. The lowest BCUT2D eigenvalue weighted by Gasteiger charge is -2.20. The molecule has 2 atom stereocenters.